The lowest BCUT2D eigenvalue weighted by Gasteiger charge is -2.23. The number of halogens is 1. The number of benzene rings is 1. The minimum Gasteiger partial charge on any atom is -0.341 e. The molecule has 1 saturated heterocycles. The summed E-state index contributed by atoms with van der Waals surface area (Å²) in [5.74, 6) is 0.315. The molecule has 2 rings (SSSR count). The van der Waals surface area contributed by atoms with Gasteiger partial charge in [0.15, 0.2) is 0 Å². The van der Waals surface area contributed by atoms with Gasteiger partial charge in [0.05, 0.1) is 0 Å². The molecule has 0 aromatic heterocycles. The summed E-state index contributed by atoms with van der Waals surface area (Å²) in [4.78, 5) is 14.4. The van der Waals surface area contributed by atoms with Crippen molar-refractivity contribution in [3.63, 3.8) is 0 Å². The maximum atomic E-state index is 12.5. The van der Waals surface area contributed by atoms with Gasteiger partial charge in [0.1, 0.15) is 0 Å². The van der Waals surface area contributed by atoms with Crippen molar-refractivity contribution in [1.29, 1.82) is 0 Å². The molecule has 1 aliphatic rings. The molecule has 1 aromatic carbocycles. The Bertz CT molecular complexity index is 450. The lowest BCUT2D eigenvalue weighted by Crippen LogP contribution is -2.37. The second-order valence-electron chi connectivity index (χ2n) is 5.23. The molecular weight excluding hydrogens is 304 g/mol. The van der Waals surface area contributed by atoms with Crippen molar-refractivity contribution in [2.75, 3.05) is 13.1 Å². The monoisotopic (exact) mass is 324 g/mol. The summed E-state index contributed by atoms with van der Waals surface area (Å²) >= 11 is 3.55. The molecule has 19 heavy (non-hydrogen) atoms. The van der Waals surface area contributed by atoms with Crippen LogP contribution >= 0.6 is 15.9 Å². The SMILES string of the molecule is CCC(Cc1ccccc1Br)C(=O)N1CC[C@@H](N)C1. The molecule has 1 aliphatic heterocycles. The number of hydrogen-bond donors (Lipinski definition) is 1. The van der Waals surface area contributed by atoms with Gasteiger partial charge < -0.3 is 10.6 Å². The van der Waals surface area contributed by atoms with E-state index in [1.165, 1.54) is 5.56 Å². The van der Waals surface area contributed by atoms with E-state index in [4.69, 9.17) is 5.73 Å². The van der Waals surface area contributed by atoms with Crippen LogP contribution in [0.15, 0.2) is 28.7 Å². The zero-order chi connectivity index (χ0) is 13.8. The quantitative estimate of drug-likeness (QED) is 0.925. The fraction of sp³-hybridized carbons (Fsp3) is 0.533. The molecule has 0 bridgehead atoms. The lowest BCUT2D eigenvalue weighted by atomic mass is 9.95. The van der Waals surface area contributed by atoms with Crippen LogP contribution in [0, 0.1) is 5.92 Å². The molecular formula is C15H21BrN2O. The topological polar surface area (TPSA) is 46.3 Å². The fourth-order valence-corrected chi connectivity index (χ4v) is 3.03. The summed E-state index contributed by atoms with van der Waals surface area (Å²) in [7, 11) is 0. The van der Waals surface area contributed by atoms with Gasteiger partial charge in [0.25, 0.3) is 0 Å². The molecule has 4 heteroatoms. The van der Waals surface area contributed by atoms with Crippen molar-refractivity contribution in [3.8, 4) is 0 Å². The van der Waals surface area contributed by atoms with Crippen LogP contribution in [0.3, 0.4) is 0 Å². The number of hydrogen-bond acceptors (Lipinski definition) is 2. The van der Waals surface area contributed by atoms with Gasteiger partial charge in [0.2, 0.25) is 5.91 Å². The summed E-state index contributed by atoms with van der Waals surface area (Å²) < 4.78 is 1.08. The first-order valence-electron chi connectivity index (χ1n) is 6.89. The highest BCUT2D eigenvalue weighted by Gasteiger charge is 2.28. The number of nitrogens with zero attached hydrogens (tertiary/aromatic N) is 1. The summed E-state index contributed by atoms with van der Waals surface area (Å²) in [5.41, 5.74) is 7.08. The minimum atomic E-state index is 0.0593. The third kappa shape index (κ3) is 3.57. The van der Waals surface area contributed by atoms with E-state index >= 15 is 0 Å². The van der Waals surface area contributed by atoms with Gasteiger partial charge >= 0.3 is 0 Å². The second kappa shape index (κ2) is 6.53. The van der Waals surface area contributed by atoms with E-state index in [1.807, 2.05) is 23.1 Å². The summed E-state index contributed by atoms with van der Waals surface area (Å²) in [6, 6.07) is 8.28. The van der Waals surface area contributed by atoms with Crippen LogP contribution in [0.1, 0.15) is 25.3 Å². The Morgan fingerprint density at radius 1 is 1.53 bits per heavy atom. The van der Waals surface area contributed by atoms with Crippen LogP contribution in [0.25, 0.3) is 0 Å². The Morgan fingerprint density at radius 2 is 2.26 bits per heavy atom. The molecule has 104 valence electrons. The van der Waals surface area contributed by atoms with Gasteiger partial charge in [-0.15, -0.1) is 0 Å². The van der Waals surface area contributed by atoms with Gasteiger partial charge in [-0.25, -0.2) is 0 Å². The number of carbonyl (C=O) groups excluding carboxylic acids is 1. The van der Waals surface area contributed by atoms with Crippen molar-refractivity contribution in [1.82, 2.24) is 4.90 Å². The summed E-state index contributed by atoms with van der Waals surface area (Å²) in [6.07, 6.45) is 2.59. The van der Waals surface area contributed by atoms with Crippen molar-refractivity contribution in [2.45, 2.75) is 32.2 Å². The second-order valence-corrected chi connectivity index (χ2v) is 6.09. The zero-order valence-electron chi connectivity index (χ0n) is 11.3. The molecule has 2 atom stereocenters. The molecule has 0 aliphatic carbocycles. The highest BCUT2D eigenvalue weighted by Crippen LogP contribution is 2.23. The molecule has 3 nitrogen and oxygen atoms in total. The third-order valence-corrected chi connectivity index (χ3v) is 4.58. The average Bonchev–Trinajstić information content (AvgIpc) is 2.84. The molecule has 0 saturated carbocycles. The number of rotatable bonds is 4. The van der Waals surface area contributed by atoms with Crippen molar-refractivity contribution in [2.24, 2.45) is 11.7 Å². The van der Waals surface area contributed by atoms with Crippen LogP contribution in [0.4, 0.5) is 0 Å². The molecule has 1 heterocycles. The maximum absolute atomic E-state index is 12.5. The number of likely N-dealkylation sites (tertiary alicyclic amines) is 1. The standard InChI is InChI=1S/C15H21BrN2O/c1-2-11(9-12-5-3-4-6-14(12)16)15(19)18-8-7-13(17)10-18/h3-6,11,13H,2,7-10,17H2,1H3/t11?,13-/m1/s1. The minimum absolute atomic E-state index is 0.0593. The Kier molecular flexibility index (Phi) is 4.99. The summed E-state index contributed by atoms with van der Waals surface area (Å²) in [6.45, 7) is 3.60. The number of amides is 1. The number of carbonyl (C=O) groups is 1. The molecule has 1 unspecified atom stereocenters. The Hall–Kier alpha value is -0.870. The van der Waals surface area contributed by atoms with E-state index in [0.717, 1.165) is 30.3 Å². The molecule has 1 fully saturated rings. The van der Waals surface area contributed by atoms with Crippen molar-refractivity contribution >= 4 is 21.8 Å². The van der Waals surface area contributed by atoms with Crippen LogP contribution in [0.2, 0.25) is 0 Å². The first-order chi connectivity index (χ1) is 9.11. The first kappa shape index (κ1) is 14.5. The highest BCUT2D eigenvalue weighted by atomic mass is 79.9. The Morgan fingerprint density at radius 3 is 2.84 bits per heavy atom. The van der Waals surface area contributed by atoms with E-state index in [9.17, 15) is 4.79 Å². The van der Waals surface area contributed by atoms with Gasteiger partial charge in [-0.1, -0.05) is 41.1 Å². The van der Waals surface area contributed by atoms with Crippen molar-refractivity contribution in [3.05, 3.63) is 34.3 Å². The van der Waals surface area contributed by atoms with E-state index in [-0.39, 0.29) is 17.9 Å². The predicted octanol–water partition coefficient (Wildman–Crippen LogP) is 2.58. The molecule has 1 aromatic rings. The van der Waals surface area contributed by atoms with Crippen LogP contribution in [0.5, 0.6) is 0 Å². The third-order valence-electron chi connectivity index (χ3n) is 3.80. The van der Waals surface area contributed by atoms with Crippen LogP contribution < -0.4 is 5.73 Å². The first-order valence-corrected chi connectivity index (χ1v) is 7.69. The lowest BCUT2D eigenvalue weighted by molar-refractivity contribution is -0.134. The highest BCUT2D eigenvalue weighted by molar-refractivity contribution is 9.10. The van der Waals surface area contributed by atoms with Crippen LogP contribution in [-0.4, -0.2) is 29.9 Å². The van der Waals surface area contributed by atoms with Crippen LogP contribution in [-0.2, 0) is 11.2 Å². The number of nitrogens with two attached hydrogens (primary N) is 1. The normalized spacial score (nSPS) is 20.6. The van der Waals surface area contributed by atoms with Gasteiger partial charge in [-0.3, -0.25) is 4.79 Å². The molecule has 2 N–H and O–H groups in total. The Balaban J connectivity index is 2.04. The van der Waals surface area contributed by atoms with E-state index in [2.05, 4.69) is 28.9 Å². The maximum Gasteiger partial charge on any atom is 0.226 e. The van der Waals surface area contributed by atoms with Gasteiger partial charge in [-0.2, -0.15) is 0 Å². The molecule has 0 spiro atoms. The largest absolute Gasteiger partial charge is 0.341 e. The van der Waals surface area contributed by atoms with E-state index in [0.29, 0.717) is 6.54 Å². The van der Waals surface area contributed by atoms with Gasteiger partial charge in [0, 0.05) is 29.5 Å². The van der Waals surface area contributed by atoms with Gasteiger partial charge in [-0.05, 0) is 30.9 Å². The average molecular weight is 325 g/mol. The Labute approximate surface area is 123 Å². The fourth-order valence-electron chi connectivity index (χ4n) is 2.58. The molecule has 0 radical (unpaired) electrons. The molecule has 1 amide bonds. The summed E-state index contributed by atoms with van der Waals surface area (Å²) in [5, 5.41) is 0. The zero-order valence-corrected chi connectivity index (χ0v) is 12.9. The van der Waals surface area contributed by atoms with E-state index < -0.39 is 0 Å². The van der Waals surface area contributed by atoms with E-state index in [1.54, 1.807) is 0 Å². The predicted molar refractivity (Wildman–Crippen MR) is 80.8 cm³/mol. The smallest absolute Gasteiger partial charge is 0.226 e. The van der Waals surface area contributed by atoms with Crippen molar-refractivity contribution < 1.29 is 4.79 Å².